The molecule has 4 N–H and O–H groups in total. The Morgan fingerprint density at radius 2 is 1.79 bits per heavy atom. The summed E-state index contributed by atoms with van der Waals surface area (Å²) in [5.41, 5.74) is -1.06. The second kappa shape index (κ2) is 8.63. The van der Waals surface area contributed by atoms with Gasteiger partial charge in [-0.3, -0.25) is 4.79 Å². The van der Waals surface area contributed by atoms with E-state index >= 15 is 0 Å². The molecule has 29 heavy (non-hydrogen) atoms. The van der Waals surface area contributed by atoms with E-state index in [-0.39, 0.29) is 11.2 Å². The van der Waals surface area contributed by atoms with Crippen LogP contribution in [0.3, 0.4) is 0 Å². The summed E-state index contributed by atoms with van der Waals surface area (Å²) in [7, 11) is 0. The lowest BCUT2D eigenvalue weighted by molar-refractivity contribution is -0.137. The summed E-state index contributed by atoms with van der Waals surface area (Å²) in [6.07, 6.45) is -3.94. The summed E-state index contributed by atoms with van der Waals surface area (Å²) in [6.45, 7) is 0.756. The Balaban J connectivity index is 1.46. The number of benzene rings is 2. The zero-order valence-electron chi connectivity index (χ0n) is 15.1. The number of aromatic nitrogens is 2. The molecular formula is C19H18F3N5O2. The van der Waals surface area contributed by atoms with Crippen molar-refractivity contribution in [2.45, 2.75) is 12.6 Å². The molecule has 2 aromatic carbocycles. The number of alkyl halides is 3. The molecule has 152 valence electrons. The van der Waals surface area contributed by atoms with Gasteiger partial charge in [-0.1, -0.05) is 24.3 Å². The highest BCUT2D eigenvalue weighted by molar-refractivity contribution is 5.91. The van der Waals surface area contributed by atoms with Crippen LogP contribution in [0.15, 0.2) is 53.3 Å². The standard InChI is InChI=1S/C19H18F3N5O2/c20-19(21,22)12-5-3-6-13(11-12)25-18(29)24-10-4-9-23-16-14-7-1-2-8-15(14)17(28)27-26-16/h1-3,5-8,11H,4,9-10H2,(H,23,26)(H,27,28)(H2,24,25,29). The minimum atomic E-state index is -4.47. The Kier molecular flexibility index (Phi) is 6.01. The van der Waals surface area contributed by atoms with E-state index in [1.807, 2.05) is 0 Å². The Bertz CT molecular complexity index is 1070. The number of aromatic amines is 1. The summed E-state index contributed by atoms with van der Waals surface area (Å²) in [4.78, 5) is 23.6. The van der Waals surface area contributed by atoms with Gasteiger partial charge in [0.2, 0.25) is 0 Å². The number of nitrogens with one attached hydrogen (secondary N) is 4. The lowest BCUT2D eigenvalue weighted by atomic mass is 10.2. The van der Waals surface area contributed by atoms with Crippen LogP contribution < -0.4 is 21.5 Å². The molecule has 2 amide bonds. The van der Waals surface area contributed by atoms with Crippen molar-refractivity contribution in [2.24, 2.45) is 0 Å². The highest BCUT2D eigenvalue weighted by atomic mass is 19.4. The van der Waals surface area contributed by atoms with Crippen molar-refractivity contribution >= 4 is 28.3 Å². The van der Waals surface area contributed by atoms with E-state index in [2.05, 4.69) is 26.1 Å². The van der Waals surface area contributed by atoms with E-state index in [0.717, 1.165) is 12.1 Å². The summed E-state index contributed by atoms with van der Waals surface area (Å²) in [5.74, 6) is 0.522. The van der Waals surface area contributed by atoms with Gasteiger partial charge in [0.05, 0.1) is 10.9 Å². The van der Waals surface area contributed by atoms with Crippen molar-refractivity contribution in [1.82, 2.24) is 15.5 Å². The first kappa shape index (κ1) is 20.2. The third-order valence-corrected chi connectivity index (χ3v) is 4.08. The first-order chi connectivity index (χ1) is 13.8. The maximum Gasteiger partial charge on any atom is 0.416 e. The maximum absolute atomic E-state index is 12.7. The number of urea groups is 1. The molecule has 0 atom stereocenters. The highest BCUT2D eigenvalue weighted by Crippen LogP contribution is 2.30. The van der Waals surface area contributed by atoms with E-state index in [0.29, 0.717) is 36.1 Å². The molecule has 0 unspecified atom stereocenters. The summed E-state index contributed by atoms with van der Waals surface area (Å²) in [5, 5.41) is 15.6. The van der Waals surface area contributed by atoms with Gasteiger partial charge in [0, 0.05) is 24.2 Å². The number of fused-ring (bicyclic) bond motifs is 1. The molecule has 0 fully saturated rings. The van der Waals surface area contributed by atoms with E-state index in [1.54, 1.807) is 24.3 Å². The van der Waals surface area contributed by atoms with E-state index in [9.17, 15) is 22.8 Å². The van der Waals surface area contributed by atoms with Crippen LogP contribution in [0.4, 0.5) is 29.5 Å². The van der Waals surface area contributed by atoms with Gasteiger partial charge >= 0.3 is 12.2 Å². The molecule has 0 aliphatic carbocycles. The zero-order valence-corrected chi connectivity index (χ0v) is 15.1. The molecule has 0 spiro atoms. The van der Waals surface area contributed by atoms with Crippen LogP contribution in [0.25, 0.3) is 10.8 Å². The fourth-order valence-electron chi connectivity index (χ4n) is 2.70. The van der Waals surface area contributed by atoms with Crippen LogP contribution in [0, 0.1) is 0 Å². The number of anilines is 2. The van der Waals surface area contributed by atoms with Crippen LogP contribution >= 0.6 is 0 Å². The molecule has 0 radical (unpaired) electrons. The predicted octanol–water partition coefficient (Wildman–Crippen LogP) is 3.57. The quantitative estimate of drug-likeness (QED) is 0.471. The molecule has 0 aliphatic rings. The lowest BCUT2D eigenvalue weighted by Crippen LogP contribution is -2.30. The molecule has 1 heterocycles. The topological polar surface area (TPSA) is 98.9 Å². The van der Waals surface area contributed by atoms with Crippen molar-refractivity contribution in [2.75, 3.05) is 23.7 Å². The lowest BCUT2D eigenvalue weighted by Gasteiger charge is -2.11. The predicted molar refractivity (Wildman–Crippen MR) is 104 cm³/mol. The van der Waals surface area contributed by atoms with Gasteiger partial charge in [0.1, 0.15) is 0 Å². The van der Waals surface area contributed by atoms with Gasteiger partial charge in [0.25, 0.3) is 5.56 Å². The smallest absolute Gasteiger partial charge is 0.368 e. The van der Waals surface area contributed by atoms with Crippen molar-refractivity contribution in [3.8, 4) is 0 Å². The molecular weight excluding hydrogens is 387 g/mol. The van der Waals surface area contributed by atoms with Gasteiger partial charge in [0.15, 0.2) is 5.82 Å². The van der Waals surface area contributed by atoms with Gasteiger partial charge in [-0.2, -0.15) is 18.3 Å². The molecule has 0 bridgehead atoms. The number of H-pyrrole nitrogens is 1. The van der Waals surface area contributed by atoms with Gasteiger partial charge < -0.3 is 16.0 Å². The molecule has 0 aliphatic heterocycles. The molecule has 3 aromatic rings. The second-order valence-corrected chi connectivity index (χ2v) is 6.19. The third kappa shape index (κ3) is 5.24. The second-order valence-electron chi connectivity index (χ2n) is 6.19. The molecule has 7 nitrogen and oxygen atoms in total. The monoisotopic (exact) mass is 405 g/mol. The van der Waals surface area contributed by atoms with Crippen molar-refractivity contribution < 1.29 is 18.0 Å². The Labute approximate surface area is 163 Å². The zero-order chi connectivity index (χ0) is 20.9. The third-order valence-electron chi connectivity index (χ3n) is 4.08. The van der Waals surface area contributed by atoms with Gasteiger partial charge in [-0.05, 0) is 30.7 Å². The van der Waals surface area contributed by atoms with E-state index in [4.69, 9.17) is 0 Å². The molecule has 1 aromatic heterocycles. The number of halogens is 3. The van der Waals surface area contributed by atoms with E-state index < -0.39 is 17.8 Å². The average Bonchev–Trinajstić information content (AvgIpc) is 2.69. The van der Waals surface area contributed by atoms with Crippen LogP contribution in [0.5, 0.6) is 0 Å². The highest BCUT2D eigenvalue weighted by Gasteiger charge is 2.30. The van der Waals surface area contributed by atoms with Crippen molar-refractivity contribution in [3.63, 3.8) is 0 Å². The Morgan fingerprint density at radius 3 is 2.55 bits per heavy atom. The van der Waals surface area contributed by atoms with Crippen molar-refractivity contribution in [1.29, 1.82) is 0 Å². The molecule has 0 saturated carbocycles. The maximum atomic E-state index is 12.7. The first-order valence-corrected chi connectivity index (χ1v) is 8.78. The van der Waals surface area contributed by atoms with Crippen LogP contribution in [0.2, 0.25) is 0 Å². The Hall–Kier alpha value is -3.56. The van der Waals surface area contributed by atoms with Crippen LogP contribution in [-0.4, -0.2) is 29.3 Å². The van der Waals surface area contributed by atoms with Gasteiger partial charge in [-0.25, -0.2) is 9.89 Å². The minimum absolute atomic E-state index is 0.0550. The SMILES string of the molecule is O=C(NCCCNc1n[nH]c(=O)c2ccccc12)Nc1cccc(C(F)(F)F)c1. The first-order valence-electron chi connectivity index (χ1n) is 8.78. The number of carbonyl (C=O) groups is 1. The average molecular weight is 405 g/mol. The van der Waals surface area contributed by atoms with Gasteiger partial charge in [-0.15, -0.1) is 0 Å². The minimum Gasteiger partial charge on any atom is -0.368 e. The molecule has 0 saturated heterocycles. The number of amides is 2. The van der Waals surface area contributed by atoms with Crippen LogP contribution in [-0.2, 0) is 6.18 Å². The molecule has 10 heteroatoms. The summed E-state index contributed by atoms with van der Waals surface area (Å²) in [6, 6.07) is 10.8. The fourth-order valence-corrected chi connectivity index (χ4v) is 2.70. The Morgan fingerprint density at radius 1 is 1.03 bits per heavy atom. The van der Waals surface area contributed by atoms with E-state index in [1.165, 1.54) is 12.1 Å². The fraction of sp³-hybridized carbons (Fsp3) is 0.211. The number of hydrogen-bond donors (Lipinski definition) is 4. The number of hydrogen-bond acceptors (Lipinski definition) is 4. The number of nitrogens with zero attached hydrogens (tertiary/aromatic N) is 1. The summed E-state index contributed by atoms with van der Waals surface area (Å²) >= 11 is 0. The number of rotatable bonds is 6. The summed E-state index contributed by atoms with van der Waals surface area (Å²) < 4.78 is 38.1. The largest absolute Gasteiger partial charge is 0.416 e. The van der Waals surface area contributed by atoms with Crippen LogP contribution in [0.1, 0.15) is 12.0 Å². The molecule has 3 rings (SSSR count). The normalized spacial score (nSPS) is 11.3. The number of carbonyl (C=O) groups excluding carboxylic acids is 1. The van der Waals surface area contributed by atoms with Crippen molar-refractivity contribution in [3.05, 3.63) is 64.4 Å².